The fourth-order valence-electron chi connectivity index (χ4n) is 2.60. The summed E-state index contributed by atoms with van der Waals surface area (Å²) in [6.45, 7) is 1.38. The number of hydrogen-bond acceptors (Lipinski definition) is 5. The van der Waals surface area contributed by atoms with Crippen LogP contribution in [0.2, 0.25) is 0 Å². The van der Waals surface area contributed by atoms with E-state index in [1.165, 1.54) is 13.0 Å². The highest BCUT2D eigenvalue weighted by atomic mass is 19.3. The first kappa shape index (κ1) is 18.5. The fourth-order valence-corrected chi connectivity index (χ4v) is 2.60. The van der Waals surface area contributed by atoms with E-state index < -0.39 is 12.3 Å². The first-order chi connectivity index (χ1) is 12.9. The molecule has 1 aliphatic carbocycles. The number of para-hydroxylation sites is 1. The molecule has 0 radical (unpaired) electrons. The molecule has 1 saturated carbocycles. The summed E-state index contributed by atoms with van der Waals surface area (Å²) in [6.07, 6.45) is 1.12. The summed E-state index contributed by atoms with van der Waals surface area (Å²) in [6, 6.07) is 6.48. The van der Waals surface area contributed by atoms with Crippen LogP contribution >= 0.6 is 0 Å². The smallest absolute Gasteiger partial charge is 0.278 e. The number of Topliss-reactive ketones (excluding diaryl/α,β-unsaturated/α-hetero) is 1. The van der Waals surface area contributed by atoms with E-state index >= 15 is 0 Å². The monoisotopic (exact) mass is 372 g/mol. The SMILES string of the molecule is CC(=O)c1ccccc1NC(=O)C(=CN)C1=NC(=C2CC2)C=C(C(F)F)N1. The summed E-state index contributed by atoms with van der Waals surface area (Å²) < 4.78 is 26.4. The maximum absolute atomic E-state index is 13.2. The molecule has 2 aliphatic rings. The van der Waals surface area contributed by atoms with Crippen LogP contribution in [0.25, 0.3) is 0 Å². The van der Waals surface area contributed by atoms with Crippen LogP contribution in [0.5, 0.6) is 0 Å². The second kappa shape index (κ2) is 7.53. The summed E-state index contributed by atoms with van der Waals surface area (Å²) in [5, 5.41) is 5.06. The zero-order valence-electron chi connectivity index (χ0n) is 14.6. The Bertz CT molecular complexity index is 923. The minimum atomic E-state index is -2.75. The van der Waals surface area contributed by atoms with E-state index in [2.05, 4.69) is 15.6 Å². The van der Waals surface area contributed by atoms with E-state index in [-0.39, 0.29) is 22.9 Å². The zero-order valence-corrected chi connectivity index (χ0v) is 14.6. The number of hydrogen-bond donors (Lipinski definition) is 3. The number of nitrogens with two attached hydrogens (primary N) is 1. The van der Waals surface area contributed by atoms with Gasteiger partial charge in [-0.2, -0.15) is 0 Å². The van der Waals surface area contributed by atoms with Crippen molar-refractivity contribution < 1.29 is 18.4 Å². The molecular weight excluding hydrogens is 354 g/mol. The van der Waals surface area contributed by atoms with Crippen LogP contribution < -0.4 is 16.4 Å². The molecule has 1 amide bonds. The number of alkyl halides is 2. The van der Waals surface area contributed by atoms with Crippen molar-refractivity contribution >= 4 is 23.2 Å². The van der Waals surface area contributed by atoms with Crippen molar-refractivity contribution in [1.82, 2.24) is 5.32 Å². The van der Waals surface area contributed by atoms with Crippen LogP contribution in [0.1, 0.15) is 30.1 Å². The minimum Gasteiger partial charge on any atom is -0.404 e. The third-order valence-electron chi connectivity index (χ3n) is 4.11. The van der Waals surface area contributed by atoms with Gasteiger partial charge in [0, 0.05) is 11.8 Å². The second-order valence-electron chi connectivity index (χ2n) is 6.11. The second-order valence-corrected chi connectivity index (χ2v) is 6.11. The van der Waals surface area contributed by atoms with Crippen molar-refractivity contribution in [3.8, 4) is 0 Å². The number of rotatable bonds is 5. The van der Waals surface area contributed by atoms with Gasteiger partial charge in [0.25, 0.3) is 12.3 Å². The van der Waals surface area contributed by atoms with Crippen LogP contribution in [0.4, 0.5) is 14.5 Å². The lowest BCUT2D eigenvalue weighted by molar-refractivity contribution is -0.112. The highest BCUT2D eigenvalue weighted by Crippen LogP contribution is 2.34. The quantitative estimate of drug-likeness (QED) is 0.547. The molecule has 1 aromatic carbocycles. The molecule has 1 aromatic rings. The lowest BCUT2D eigenvalue weighted by atomic mass is 10.1. The molecule has 0 bridgehead atoms. The van der Waals surface area contributed by atoms with Crippen LogP contribution in [0.3, 0.4) is 0 Å². The average Bonchev–Trinajstić information content (AvgIpc) is 3.47. The van der Waals surface area contributed by atoms with Crippen molar-refractivity contribution in [3.05, 3.63) is 64.6 Å². The fraction of sp³-hybridized carbons (Fsp3) is 0.211. The number of aliphatic imine (C=N–C) groups is 1. The van der Waals surface area contributed by atoms with Crippen molar-refractivity contribution in [1.29, 1.82) is 0 Å². The summed E-state index contributed by atoms with van der Waals surface area (Å²) in [5.41, 5.74) is 7.15. The van der Waals surface area contributed by atoms with Gasteiger partial charge in [0.15, 0.2) is 5.78 Å². The summed E-state index contributed by atoms with van der Waals surface area (Å²) in [5.74, 6) is -0.934. The molecule has 27 heavy (non-hydrogen) atoms. The molecule has 0 spiro atoms. The molecule has 6 nitrogen and oxygen atoms in total. The lowest BCUT2D eigenvalue weighted by Crippen LogP contribution is -2.35. The lowest BCUT2D eigenvalue weighted by Gasteiger charge is -2.20. The summed E-state index contributed by atoms with van der Waals surface area (Å²) in [7, 11) is 0. The predicted molar refractivity (Wildman–Crippen MR) is 98.3 cm³/mol. The third kappa shape index (κ3) is 4.11. The number of nitrogens with one attached hydrogen (secondary N) is 2. The number of amidine groups is 1. The van der Waals surface area contributed by atoms with E-state index in [0.717, 1.165) is 24.6 Å². The Morgan fingerprint density at radius 1 is 1.30 bits per heavy atom. The number of halogens is 2. The Morgan fingerprint density at radius 3 is 2.59 bits per heavy atom. The Balaban J connectivity index is 1.88. The number of amides is 1. The van der Waals surface area contributed by atoms with Gasteiger partial charge in [-0.25, -0.2) is 13.8 Å². The Hall–Kier alpha value is -3.29. The van der Waals surface area contributed by atoms with Gasteiger partial charge in [-0.1, -0.05) is 12.1 Å². The first-order valence-electron chi connectivity index (χ1n) is 8.31. The van der Waals surface area contributed by atoms with Crippen molar-refractivity contribution in [2.45, 2.75) is 26.2 Å². The Morgan fingerprint density at radius 2 is 2.00 bits per heavy atom. The van der Waals surface area contributed by atoms with Gasteiger partial charge in [0.2, 0.25) is 0 Å². The van der Waals surface area contributed by atoms with Crippen molar-refractivity contribution in [2.75, 3.05) is 5.32 Å². The number of carbonyl (C=O) groups excluding carboxylic acids is 2. The van der Waals surface area contributed by atoms with E-state index in [1.807, 2.05) is 0 Å². The normalized spacial score (nSPS) is 16.5. The molecule has 8 heteroatoms. The average molecular weight is 372 g/mol. The van der Waals surface area contributed by atoms with Gasteiger partial charge < -0.3 is 16.4 Å². The van der Waals surface area contributed by atoms with Gasteiger partial charge in [-0.15, -0.1) is 0 Å². The Labute approximate surface area is 154 Å². The number of allylic oxidation sites excluding steroid dienone is 3. The van der Waals surface area contributed by atoms with E-state index in [9.17, 15) is 18.4 Å². The van der Waals surface area contributed by atoms with E-state index in [0.29, 0.717) is 16.9 Å². The number of ketones is 1. The highest BCUT2D eigenvalue weighted by Gasteiger charge is 2.27. The molecule has 0 saturated heterocycles. The molecule has 3 rings (SSSR count). The molecule has 1 heterocycles. The van der Waals surface area contributed by atoms with Crippen LogP contribution in [-0.4, -0.2) is 24.0 Å². The molecular formula is C19H18F2N4O2. The van der Waals surface area contributed by atoms with E-state index in [4.69, 9.17) is 5.73 Å². The number of nitrogens with zero attached hydrogens (tertiary/aromatic N) is 1. The molecule has 0 unspecified atom stereocenters. The summed E-state index contributed by atoms with van der Waals surface area (Å²) >= 11 is 0. The molecule has 4 N–H and O–H groups in total. The zero-order chi connectivity index (χ0) is 19.6. The number of carbonyl (C=O) groups is 2. The standard InChI is InChI=1S/C19H18F2N4O2/c1-10(26)12-4-2-3-5-14(12)25-19(27)13(9-22)18-23-15(11-6-7-11)8-16(24-18)17(20)21/h2-5,8-9,17H,6-7,22H2,1H3,(H,23,24)(H,25,27). The van der Waals surface area contributed by atoms with Gasteiger partial charge in [0.1, 0.15) is 5.84 Å². The molecule has 0 aromatic heterocycles. The van der Waals surface area contributed by atoms with Crippen molar-refractivity contribution in [3.63, 3.8) is 0 Å². The molecule has 0 atom stereocenters. The van der Waals surface area contributed by atoms with Crippen LogP contribution in [0, 0.1) is 0 Å². The van der Waals surface area contributed by atoms with Crippen molar-refractivity contribution in [2.24, 2.45) is 10.7 Å². The summed E-state index contributed by atoms with van der Waals surface area (Å²) in [4.78, 5) is 28.6. The van der Waals surface area contributed by atoms with Gasteiger partial charge >= 0.3 is 0 Å². The Kier molecular flexibility index (Phi) is 5.16. The van der Waals surface area contributed by atoms with Crippen LogP contribution in [0.15, 0.2) is 64.1 Å². The van der Waals surface area contributed by atoms with E-state index in [1.54, 1.807) is 24.3 Å². The molecule has 1 aliphatic heterocycles. The first-order valence-corrected chi connectivity index (χ1v) is 8.31. The molecule has 1 fully saturated rings. The number of benzene rings is 1. The maximum Gasteiger partial charge on any atom is 0.278 e. The third-order valence-corrected chi connectivity index (χ3v) is 4.11. The molecule has 140 valence electrons. The van der Waals surface area contributed by atoms with Gasteiger partial charge in [-0.05, 0) is 43.5 Å². The maximum atomic E-state index is 13.2. The highest BCUT2D eigenvalue weighted by molar-refractivity contribution is 6.26. The largest absolute Gasteiger partial charge is 0.404 e. The number of anilines is 1. The topological polar surface area (TPSA) is 96.6 Å². The predicted octanol–water partition coefficient (Wildman–Crippen LogP) is 2.87. The van der Waals surface area contributed by atoms with Crippen LogP contribution in [-0.2, 0) is 4.79 Å². The minimum absolute atomic E-state index is 0.0532. The van der Waals surface area contributed by atoms with Gasteiger partial charge in [0.05, 0.1) is 22.7 Å². The van der Waals surface area contributed by atoms with Gasteiger partial charge in [-0.3, -0.25) is 9.59 Å².